The Balaban J connectivity index is 2.36. The number of hydrogen-bond donors (Lipinski definition) is 4. The van der Waals surface area contributed by atoms with Crippen LogP contribution in [0.3, 0.4) is 0 Å². The number of likely N-dealkylation sites (tertiary alicyclic amines) is 1. The van der Waals surface area contributed by atoms with Crippen LogP contribution < -0.4 is 21.3 Å². The Kier molecular flexibility index (Phi) is 13.5. The first-order valence-electron chi connectivity index (χ1n) is 11.5. The summed E-state index contributed by atoms with van der Waals surface area (Å²) in [7, 11) is 0. The number of hydrogen-bond acceptors (Lipinski definition) is 8. The van der Waals surface area contributed by atoms with E-state index < -0.39 is 12.2 Å². The van der Waals surface area contributed by atoms with Gasteiger partial charge in [-0.1, -0.05) is 0 Å². The van der Waals surface area contributed by atoms with Crippen molar-refractivity contribution < 1.29 is 33.4 Å². The zero-order valence-electron chi connectivity index (χ0n) is 19.7. The van der Waals surface area contributed by atoms with E-state index >= 15 is 0 Å². The van der Waals surface area contributed by atoms with Gasteiger partial charge in [0.25, 0.3) is 0 Å². The number of amides is 5. The fraction of sp³-hybridized carbons (Fsp3) is 0.762. The fourth-order valence-corrected chi connectivity index (χ4v) is 3.22. The van der Waals surface area contributed by atoms with Crippen LogP contribution in [-0.2, 0) is 23.9 Å². The van der Waals surface area contributed by atoms with Crippen molar-refractivity contribution >= 4 is 29.9 Å². The third-order valence-electron chi connectivity index (χ3n) is 4.89. The lowest BCUT2D eigenvalue weighted by Crippen LogP contribution is -2.50. The van der Waals surface area contributed by atoms with Gasteiger partial charge < -0.3 is 25.4 Å². The number of carbonyl (C=O) groups is 5. The van der Waals surface area contributed by atoms with Gasteiger partial charge in [0.15, 0.2) is 0 Å². The van der Waals surface area contributed by atoms with Crippen molar-refractivity contribution in [2.45, 2.75) is 71.5 Å². The van der Waals surface area contributed by atoms with Gasteiger partial charge in [0.05, 0.1) is 19.4 Å². The van der Waals surface area contributed by atoms with E-state index in [1.807, 2.05) is 0 Å². The number of alkyl carbamates (subject to hydrolysis) is 2. The highest BCUT2D eigenvalue weighted by Crippen LogP contribution is 2.11. The maximum Gasteiger partial charge on any atom is 0.407 e. The molecule has 5 amide bonds. The van der Waals surface area contributed by atoms with Gasteiger partial charge in [0.1, 0.15) is 0 Å². The molecule has 0 radical (unpaired) electrons. The van der Waals surface area contributed by atoms with E-state index in [4.69, 9.17) is 9.47 Å². The Bertz CT molecular complexity index is 657. The van der Waals surface area contributed by atoms with E-state index in [2.05, 4.69) is 21.3 Å². The molecule has 1 fully saturated rings. The average Bonchev–Trinajstić information content (AvgIpc) is 3.07. The van der Waals surface area contributed by atoms with E-state index in [0.29, 0.717) is 32.5 Å². The molecule has 1 rings (SSSR count). The molecule has 1 heterocycles. The molecule has 0 bridgehead atoms. The molecule has 0 aromatic carbocycles. The van der Waals surface area contributed by atoms with Crippen LogP contribution in [0, 0.1) is 0 Å². The summed E-state index contributed by atoms with van der Waals surface area (Å²) in [6, 6.07) is -0.245. The number of nitrogens with zero attached hydrogens (tertiary/aromatic N) is 1. The van der Waals surface area contributed by atoms with Crippen molar-refractivity contribution in [2.75, 3.05) is 32.8 Å². The molecule has 2 atom stereocenters. The summed E-state index contributed by atoms with van der Waals surface area (Å²) in [6.07, 6.45) is 1.15. The van der Waals surface area contributed by atoms with Crippen LogP contribution in [0.1, 0.15) is 59.3 Å². The first kappa shape index (κ1) is 28.1. The van der Waals surface area contributed by atoms with Crippen molar-refractivity contribution in [3.8, 4) is 0 Å². The highest BCUT2D eigenvalue weighted by atomic mass is 16.6. The Hall–Kier alpha value is -2.89. The molecule has 4 N–H and O–H groups in total. The van der Waals surface area contributed by atoms with Gasteiger partial charge in [0, 0.05) is 44.9 Å². The zero-order valence-corrected chi connectivity index (χ0v) is 19.7. The van der Waals surface area contributed by atoms with Crippen LogP contribution in [0.2, 0.25) is 0 Å². The summed E-state index contributed by atoms with van der Waals surface area (Å²) in [5.41, 5.74) is 0. The molecule has 33 heavy (non-hydrogen) atoms. The van der Waals surface area contributed by atoms with Crippen LogP contribution in [0.15, 0.2) is 0 Å². The predicted octanol–water partition coefficient (Wildman–Crippen LogP) is 0.608. The number of imide groups is 1. The second-order valence-electron chi connectivity index (χ2n) is 7.59. The third-order valence-corrected chi connectivity index (χ3v) is 4.89. The Morgan fingerprint density at radius 3 is 2.24 bits per heavy atom. The summed E-state index contributed by atoms with van der Waals surface area (Å²) in [5, 5.41) is 11.3. The zero-order chi connectivity index (χ0) is 24.6. The number of nitrogens with one attached hydrogen (secondary N) is 4. The summed E-state index contributed by atoms with van der Waals surface area (Å²) in [6.45, 7) is 6.70. The Morgan fingerprint density at radius 1 is 0.970 bits per heavy atom. The van der Waals surface area contributed by atoms with Crippen LogP contribution in [0.5, 0.6) is 0 Å². The highest BCUT2D eigenvalue weighted by molar-refractivity contribution is 6.02. The molecule has 1 aliphatic heterocycles. The number of carbonyl (C=O) groups excluding carboxylic acids is 5. The predicted molar refractivity (Wildman–Crippen MR) is 119 cm³/mol. The highest BCUT2D eigenvalue weighted by Gasteiger charge is 2.28. The molecule has 12 nitrogen and oxygen atoms in total. The van der Waals surface area contributed by atoms with Gasteiger partial charge in [-0.25, -0.2) is 9.59 Å². The van der Waals surface area contributed by atoms with Crippen molar-refractivity contribution in [1.82, 2.24) is 26.2 Å². The van der Waals surface area contributed by atoms with Crippen LogP contribution in [-0.4, -0.2) is 79.9 Å². The third kappa shape index (κ3) is 12.1. The van der Waals surface area contributed by atoms with Crippen molar-refractivity contribution in [1.29, 1.82) is 0 Å². The van der Waals surface area contributed by atoms with E-state index in [1.165, 1.54) is 0 Å². The molecule has 0 aromatic rings. The van der Waals surface area contributed by atoms with Gasteiger partial charge >= 0.3 is 12.2 Å². The number of unbranched alkanes of at least 4 members (excludes halogenated alkanes) is 1. The molecule has 1 aliphatic rings. The first-order chi connectivity index (χ1) is 15.8. The molecule has 2 unspecified atom stereocenters. The minimum Gasteiger partial charge on any atom is -0.450 e. The lowest BCUT2D eigenvalue weighted by Gasteiger charge is -2.23. The molecular formula is C21H37N5O7. The molecule has 12 heteroatoms. The minimum atomic E-state index is -0.523. The van der Waals surface area contributed by atoms with Gasteiger partial charge in [-0.2, -0.15) is 0 Å². The smallest absolute Gasteiger partial charge is 0.407 e. The number of rotatable bonds is 15. The summed E-state index contributed by atoms with van der Waals surface area (Å²) in [4.78, 5) is 59.6. The van der Waals surface area contributed by atoms with Crippen molar-refractivity contribution in [2.24, 2.45) is 0 Å². The lowest BCUT2D eigenvalue weighted by atomic mass is 10.1. The fourth-order valence-electron chi connectivity index (χ4n) is 3.22. The molecule has 188 valence electrons. The van der Waals surface area contributed by atoms with Gasteiger partial charge in [0.2, 0.25) is 17.7 Å². The lowest BCUT2D eigenvalue weighted by molar-refractivity contribution is -0.138. The maximum atomic E-state index is 12.1. The normalized spacial score (nSPS) is 15.1. The maximum absolute atomic E-state index is 12.1. The SMILES string of the molecule is CCOC(=O)NCCCCC(CNC(C)NC(=O)CCN1C(=O)CCC1=O)NC(=O)OCC. The second kappa shape index (κ2) is 15.8. The van der Waals surface area contributed by atoms with E-state index in [9.17, 15) is 24.0 Å². The topological polar surface area (TPSA) is 155 Å². The molecule has 0 saturated carbocycles. The van der Waals surface area contributed by atoms with Crippen LogP contribution in [0.4, 0.5) is 9.59 Å². The molecule has 1 saturated heterocycles. The Morgan fingerprint density at radius 2 is 1.61 bits per heavy atom. The molecule has 0 aromatic heterocycles. The molecule has 0 spiro atoms. The van der Waals surface area contributed by atoms with Gasteiger partial charge in [-0.3, -0.25) is 24.6 Å². The standard InChI is InChI=1S/C21H37N5O7/c1-4-32-20(30)22-12-7-6-8-16(25-21(31)33-5-2)14-23-15(3)24-17(27)11-13-26-18(28)9-10-19(26)29/h15-16,23H,4-14H2,1-3H3,(H,22,30)(H,24,27)(H,25,31). The van der Waals surface area contributed by atoms with E-state index in [1.54, 1.807) is 20.8 Å². The van der Waals surface area contributed by atoms with Crippen LogP contribution in [0.25, 0.3) is 0 Å². The van der Waals surface area contributed by atoms with E-state index in [-0.39, 0.29) is 62.3 Å². The Labute approximate surface area is 194 Å². The summed E-state index contributed by atoms with van der Waals surface area (Å²) in [5.74, 6) is -0.781. The quantitative estimate of drug-likeness (QED) is 0.154. The summed E-state index contributed by atoms with van der Waals surface area (Å²) >= 11 is 0. The van der Waals surface area contributed by atoms with Crippen molar-refractivity contribution in [3.05, 3.63) is 0 Å². The average molecular weight is 472 g/mol. The molecular weight excluding hydrogens is 434 g/mol. The second-order valence-corrected chi connectivity index (χ2v) is 7.59. The summed E-state index contributed by atoms with van der Waals surface area (Å²) < 4.78 is 9.75. The number of ether oxygens (including phenoxy) is 2. The van der Waals surface area contributed by atoms with E-state index in [0.717, 1.165) is 11.3 Å². The van der Waals surface area contributed by atoms with Crippen molar-refractivity contribution in [3.63, 3.8) is 0 Å². The first-order valence-corrected chi connectivity index (χ1v) is 11.5. The van der Waals surface area contributed by atoms with Gasteiger partial charge in [-0.05, 0) is 40.0 Å². The minimum absolute atomic E-state index is 0.0292. The monoisotopic (exact) mass is 471 g/mol. The molecule has 0 aliphatic carbocycles. The largest absolute Gasteiger partial charge is 0.450 e. The van der Waals surface area contributed by atoms with Gasteiger partial charge in [-0.15, -0.1) is 0 Å². The van der Waals surface area contributed by atoms with Crippen LogP contribution >= 0.6 is 0 Å².